The Bertz CT molecular complexity index is 213. The largest absolute Gasteiger partial charge is 0.367 e. The van der Waals surface area contributed by atoms with E-state index in [1.54, 1.807) is 0 Å². The second kappa shape index (κ2) is 2.60. The SMILES string of the molecule is CC1([Si](C)(C)C)OC12CCCCC2. The monoisotopic (exact) mass is 198 g/mol. The molecule has 1 spiro atoms. The molecule has 0 aromatic heterocycles. The Morgan fingerprint density at radius 2 is 1.54 bits per heavy atom. The van der Waals surface area contributed by atoms with E-state index < -0.39 is 8.07 Å². The molecule has 2 heteroatoms. The lowest BCUT2D eigenvalue weighted by molar-refractivity contribution is 0.231. The average molecular weight is 198 g/mol. The van der Waals surface area contributed by atoms with Gasteiger partial charge in [-0.3, -0.25) is 0 Å². The minimum atomic E-state index is -1.13. The Hall–Kier alpha value is 0.177. The maximum absolute atomic E-state index is 6.16. The van der Waals surface area contributed by atoms with E-state index in [4.69, 9.17) is 4.74 Å². The van der Waals surface area contributed by atoms with Crippen molar-refractivity contribution in [2.24, 2.45) is 0 Å². The molecule has 1 nitrogen and oxygen atoms in total. The van der Waals surface area contributed by atoms with Gasteiger partial charge in [-0.2, -0.15) is 0 Å². The Labute approximate surface area is 82.9 Å². The van der Waals surface area contributed by atoms with Gasteiger partial charge >= 0.3 is 0 Å². The molecule has 13 heavy (non-hydrogen) atoms. The van der Waals surface area contributed by atoms with Gasteiger partial charge < -0.3 is 4.74 Å². The first-order valence-electron chi connectivity index (χ1n) is 5.62. The zero-order valence-corrected chi connectivity index (χ0v) is 10.4. The molecular weight excluding hydrogens is 176 g/mol. The predicted molar refractivity (Wildman–Crippen MR) is 58.7 cm³/mol. The van der Waals surface area contributed by atoms with Crippen LogP contribution in [0.25, 0.3) is 0 Å². The van der Waals surface area contributed by atoms with Crippen LogP contribution in [-0.2, 0) is 4.74 Å². The number of ether oxygens (including phenoxy) is 1. The van der Waals surface area contributed by atoms with Crippen LogP contribution in [0.3, 0.4) is 0 Å². The fraction of sp³-hybridized carbons (Fsp3) is 1.00. The van der Waals surface area contributed by atoms with Gasteiger partial charge in [0.05, 0.1) is 18.9 Å². The van der Waals surface area contributed by atoms with Gasteiger partial charge in [0, 0.05) is 0 Å². The summed E-state index contributed by atoms with van der Waals surface area (Å²) in [7, 11) is -1.13. The van der Waals surface area contributed by atoms with Crippen LogP contribution in [0.4, 0.5) is 0 Å². The van der Waals surface area contributed by atoms with E-state index in [1.807, 2.05) is 0 Å². The van der Waals surface area contributed by atoms with Crippen molar-refractivity contribution in [1.29, 1.82) is 0 Å². The lowest BCUT2D eigenvalue weighted by atomic mass is 9.86. The highest BCUT2D eigenvalue weighted by molar-refractivity contribution is 6.80. The van der Waals surface area contributed by atoms with Gasteiger partial charge in [-0.05, 0) is 19.8 Å². The highest BCUT2D eigenvalue weighted by atomic mass is 28.3. The summed E-state index contributed by atoms with van der Waals surface area (Å²) in [6, 6.07) is 0. The van der Waals surface area contributed by atoms with Crippen molar-refractivity contribution < 1.29 is 4.74 Å². The first-order chi connectivity index (χ1) is 5.91. The third kappa shape index (κ3) is 1.22. The minimum absolute atomic E-state index is 0.292. The van der Waals surface area contributed by atoms with Crippen LogP contribution in [0.2, 0.25) is 19.6 Å². The van der Waals surface area contributed by atoms with Gasteiger partial charge in [-0.15, -0.1) is 0 Å². The van der Waals surface area contributed by atoms with Crippen molar-refractivity contribution in [3.63, 3.8) is 0 Å². The van der Waals surface area contributed by atoms with Crippen molar-refractivity contribution in [2.45, 2.75) is 69.5 Å². The maximum Gasteiger partial charge on any atom is 0.0942 e. The standard InChI is InChI=1S/C11H22OSi/c1-10(13(2,3)4)11(12-10)8-6-5-7-9-11/h5-9H2,1-4H3. The van der Waals surface area contributed by atoms with E-state index >= 15 is 0 Å². The number of hydrogen-bond acceptors (Lipinski definition) is 1. The van der Waals surface area contributed by atoms with Crippen LogP contribution in [0.5, 0.6) is 0 Å². The molecule has 0 N–H and O–H groups in total. The summed E-state index contributed by atoms with van der Waals surface area (Å²) in [4.78, 5) is 0. The third-order valence-corrected chi connectivity index (χ3v) is 7.74. The van der Waals surface area contributed by atoms with Gasteiger partial charge in [0.1, 0.15) is 0 Å². The first kappa shape index (κ1) is 9.72. The first-order valence-corrected chi connectivity index (χ1v) is 9.12. The van der Waals surface area contributed by atoms with Gasteiger partial charge in [-0.25, -0.2) is 0 Å². The topological polar surface area (TPSA) is 12.5 Å². The average Bonchev–Trinajstić information content (AvgIpc) is 2.58. The smallest absolute Gasteiger partial charge is 0.0942 e. The molecule has 0 aromatic rings. The van der Waals surface area contributed by atoms with E-state index in [-0.39, 0.29) is 0 Å². The highest BCUT2D eigenvalue weighted by Crippen LogP contribution is 2.60. The minimum Gasteiger partial charge on any atom is -0.367 e. The molecule has 1 heterocycles. The normalized spacial score (nSPS) is 37.8. The highest BCUT2D eigenvalue weighted by Gasteiger charge is 2.71. The Morgan fingerprint density at radius 3 is 1.92 bits per heavy atom. The molecule has 2 rings (SSSR count). The summed E-state index contributed by atoms with van der Waals surface area (Å²) >= 11 is 0. The third-order valence-electron chi connectivity index (χ3n) is 4.32. The molecule has 1 aliphatic heterocycles. The van der Waals surface area contributed by atoms with E-state index in [2.05, 4.69) is 26.6 Å². The molecule has 1 aliphatic carbocycles. The van der Waals surface area contributed by atoms with E-state index in [9.17, 15) is 0 Å². The lowest BCUT2D eigenvalue weighted by Gasteiger charge is -2.28. The van der Waals surface area contributed by atoms with Gasteiger partial charge in [0.15, 0.2) is 0 Å². The Kier molecular flexibility index (Phi) is 1.95. The molecule has 1 atom stereocenters. The molecule has 0 amide bonds. The summed E-state index contributed by atoms with van der Waals surface area (Å²) in [5.41, 5.74) is 0.329. The Balaban J connectivity index is 2.14. The van der Waals surface area contributed by atoms with Crippen molar-refractivity contribution in [3.8, 4) is 0 Å². The van der Waals surface area contributed by atoms with Gasteiger partial charge in [-0.1, -0.05) is 38.9 Å². The van der Waals surface area contributed by atoms with Crippen LogP contribution in [0.15, 0.2) is 0 Å². The Morgan fingerprint density at radius 1 is 1.00 bits per heavy atom. The van der Waals surface area contributed by atoms with Crippen LogP contribution < -0.4 is 0 Å². The summed E-state index contributed by atoms with van der Waals surface area (Å²) < 4.78 is 6.16. The number of epoxide rings is 1. The molecule has 0 radical (unpaired) electrons. The molecule has 1 saturated heterocycles. The molecule has 1 unspecified atom stereocenters. The second-order valence-electron chi connectivity index (χ2n) is 5.94. The van der Waals surface area contributed by atoms with E-state index in [1.165, 1.54) is 32.1 Å². The summed E-state index contributed by atoms with van der Waals surface area (Å²) in [6.45, 7) is 9.69. The second-order valence-corrected chi connectivity index (χ2v) is 11.4. The van der Waals surface area contributed by atoms with Crippen LogP contribution in [0.1, 0.15) is 39.0 Å². The summed E-state index contributed by atoms with van der Waals surface area (Å²) in [5.74, 6) is 0. The molecular formula is C11H22OSi. The van der Waals surface area contributed by atoms with E-state index in [0.29, 0.717) is 10.8 Å². The van der Waals surface area contributed by atoms with Crippen LogP contribution in [-0.4, -0.2) is 18.9 Å². The van der Waals surface area contributed by atoms with E-state index in [0.717, 1.165) is 0 Å². The molecule has 76 valence electrons. The fourth-order valence-electron chi connectivity index (χ4n) is 2.90. The fourth-order valence-corrected chi connectivity index (χ4v) is 5.02. The molecule has 0 bridgehead atoms. The van der Waals surface area contributed by atoms with Crippen molar-refractivity contribution >= 4 is 8.07 Å². The molecule has 1 saturated carbocycles. The van der Waals surface area contributed by atoms with Crippen molar-refractivity contribution in [1.82, 2.24) is 0 Å². The maximum atomic E-state index is 6.16. The van der Waals surface area contributed by atoms with Gasteiger partial charge in [0.25, 0.3) is 0 Å². The molecule has 2 aliphatic rings. The molecule has 0 aromatic carbocycles. The van der Waals surface area contributed by atoms with Crippen molar-refractivity contribution in [3.05, 3.63) is 0 Å². The van der Waals surface area contributed by atoms with Crippen LogP contribution >= 0.6 is 0 Å². The lowest BCUT2D eigenvalue weighted by Crippen LogP contribution is -2.45. The quantitative estimate of drug-likeness (QED) is 0.465. The number of rotatable bonds is 1. The summed E-state index contributed by atoms with van der Waals surface area (Å²) in [6.07, 6.45) is 6.86. The predicted octanol–water partition coefficient (Wildman–Crippen LogP) is 3.36. The molecule has 2 fully saturated rings. The zero-order chi connectivity index (χ0) is 9.74. The zero-order valence-electron chi connectivity index (χ0n) is 9.44. The van der Waals surface area contributed by atoms with Crippen LogP contribution in [0, 0.1) is 0 Å². The summed E-state index contributed by atoms with van der Waals surface area (Å²) in [5, 5.41) is 0.292. The van der Waals surface area contributed by atoms with Crippen molar-refractivity contribution in [2.75, 3.05) is 0 Å². The number of hydrogen-bond donors (Lipinski definition) is 0. The van der Waals surface area contributed by atoms with Gasteiger partial charge in [0.2, 0.25) is 0 Å².